The first-order valence-electron chi connectivity index (χ1n) is 7.37. The molecule has 4 rings (SSSR count). The summed E-state index contributed by atoms with van der Waals surface area (Å²) in [5.74, 6) is -0.154. The molecule has 3 heterocycles. The molecule has 1 aromatic carbocycles. The van der Waals surface area contributed by atoms with Crippen molar-refractivity contribution in [3.05, 3.63) is 65.8 Å². The number of carbonyl (C=O) groups is 2. The average Bonchev–Trinajstić information content (AvgIpc) is 3.20. The molecule has 2 amide bonds. The standard InChI is InChI=1S/C17H12N4O3/c1-10(15-19-14(20-24-15)11-5-4-8-18-9-11)21-16(22)12-6-2-3-7-13(12)17(21)23/h2-10H,1H3/t10-/m0/s1. The Morgan fingerprint density at radius 1 is 1.04 bits per heavy atom. The van der Waals surface area contributed by atoms with Gasteiger partial charge in [-0.15, -0.1) is 0 Å². The van der Waals surface area contributed by atoms with Crippen LogP contribution in [0.1, 0.15) is 39.6 Å². The smallest absolute Gasteiger partial charge is 0.262 e. The van der Waals surface area contributed by atoms with Gasteiger partial charge in [0.1, 0.15) is 6.04 Å². The Morgan fingerprint density at radius 2 is 1.75 bits per heavy atom. The number of amides is 2. The van der Waals surface area contributed by atoms with Gasteiger partial charge in [-0.1, -0.05) is 17.3 Å². The lowest BCUT2D eigenvalue weighted by molar-refractivity contribution is 0.0568. The highest BCUT2D eigenvalue weighted by Gasteiger charge is 2.40. The number of imide groups is 1. The molecule has 2 aromatic heterocycles. The van der Waals surface area contributed by atoms with E-state index in [0.29, 0.717) is 22.5 Å². The van der Waals surface area contributed by atoms with E-state index >= 15 is 0 Å². The summed E-state index contributed by atoms with van der Waals surface area (Å²) in [5.41, 5.74) is 1.48. The second-order valence-corrected chi connectivity index (χ2v) is 5.40. The van der Waals surface area contributed by atoms with Crippen LogP contribution in [0.5, 0.6) is 0 Å². The summed E-state index contributed by atoms with van der Waals surface area (Å²) in [6.45, 7) is 1.68. The predicted molar refractivity (Wildman–Crippen MR) is 82.9 cm³/mol. The van der Waals surface area contributed by atoms with E-state index in [4.69, 9.17) is 4.52 Å². The Kier molecular flexibility index (Phi) is 3.19. The molecule has 1 aliphatic heterocycles. The number of rotatable bonds is 3. The number of aromatic nitrogens is 3. The molecule has 7 nitrogen and oxygen atoms in total. The number of pyridine rings is 1. The van der Waals surface area contributed by atoms with Crippen LogP contribution in [0.15, 0.2) is 53.3 Å². The molecule has 0 unspecified atom stereocenters. The topological polar surface area (TPSA) is 89.2 Å². The third-order valence-corrected chi connectivity index (χ3v) is 3.93. The van der Waals surface area contributed by atoms with Crippen molar-refractivity contribution in [2.24, 2.45) is 0 Å². The first-order valence-corrected chi connectivity index (χ1v) is 7.37. The van der Waals surface area contributed by atoms with Gasteiger partial charge >= 0.3 is 0 Å². The third kappa shape index (κ3) is 2.10. The average molecular weight is 320 g/mol. The highest BCUT2D eigenvalue weighted by molar-refractivity contribution is 6.21. The second-order valence-electron chi connectivity index (χ2n) is 5.40. The van der Waals surface area contributed by atoms with Crippen molar-refractivity contribution in [3.63, 3.8) is 0 Å². The van der Waals surface area contributed by atoms with E-state index in [1.165, 1.54) is 0 Å². The minimum absolute atomic E-state index is 0.198. The van der Waals surface area contributed by atoms with Crippen molar-refractivity contribution in [3.8, 4) is 11.4 Å². The highest BCUT2D eigenvalue weighted by Crippen LogP contribution is 2.31. The van der Waals surface area contributed by atoms with Crippen molar-refractivity contribution in [2.45, 2.75) is 13.0 Å². The predicted octanol–water partition coefficient (Wildman–Crippen LogP) is 2.49. The van der Waals surface area contributed by atoms with Crippen molar-refractivity contribution in [1.82, 2.24) is 20.0 Å². The lowest BCUT2D eigenvalue weighted by Gasteiger charge is -2.18. The molecule has 3 aromatic rings. The van der Waals surface area contributed by atoms with Crippen LogP contribution in [0.4, 0.5) is 0 Å². The minimum Gasteiger partial charge on any atom is -0.337 e. The van der Waals surface area contributed by atoms with E-state index in [9.17, 15) is 9.59 Å². The first kappa shape index (κ1) is 14.3. The summed E-state index contributed by atoms with van der Waals surface area (Å²) in [6, 6.07) is 9.63. The maximum atomic E-state index is 12.5. The van der Waals surface area contributed by atoms with Gasteiger partial charge < -0.3 is 4.52 Å². The van der Waals surface area contributed by atoms with Gasteiger partial charge in [0.2, 0.25) is 11.7 Å². The van der Waals surface area contributed by atoms with Crippen molar-refractivity contribution >= 4 is 11.8 Å². The number of nitrogens with zero attached hydrogens (tertiary/aromatic N) is 4. The molecule has 0 aliphatic carbocycles. The maximum absolute atomic E-state index is 12.5. The molecular formula is C17H12N4O3. The molecule has 24 heavy (non-hydrogen) atoms. The number of hydrogen-bond acceptors (Lipinski definition) is 6. The quantitative estimate of drug-likeness (QED) is 0.689. The SMILES string of the molecule is C[C@@H](c1nc(-c2cccnc2)no1)N1C(=O)c2ccccc2C1=O. The Labute approximate surface area is 136 Å². The lowest BCUT2D eigenvalue weighted by atomic mass is 10.1. The Bertz CT molecular complexity index is 901. The van der Waals surface area contributed by atoms with E-state index in [2.05, 4.69) is 15.1 Å². The molecule has 118 valence electrons. The van der Waals surface area contributed by atoms with Crippen LogP contribution < -0.4 is 0 Å². The first-order chi connectivity index (χ1) is 11.7. The van der Waals surface area contributed by atoms with Gasteiger partial charge in [-0.05, 0) is 31.2 Å². The molecule has 0 fully saturated rings. The minimum atomic E-state index is -0.657. The summed E-state index contributed by atoms with van der Waals surface area (Å²) in [5, 5.41) is 3.90. The summed E-state index contributed by atoms with van der Waals surface area (Å²) >= 11 is 0. The van der Waals surface area contributed by atoms with E-state index in [1.807, 2.05) is 0 Å². The molecule has 0 bridgehead atoms. The maximum Gasteiger partial charge on any atom is 0.262 e. The molecule has 7 heteroatoms. The summed E-state index contributed by atoms with van der Waals surface area (Å²) in [6.07, 6.45) is 3.26. The zero-order valence-electron chi connectivity index (χ0n) is 12.7. The number of carbonyl (C=O) groups excluding carboxylic acids is 2. The van der Waals surface area contributed by atoms with Gasteiger partial charge in [0.25, 0.3) is 11.8 Å². The van der Waals surface area contributed by atoms with Crippen LogP contribution in [0.3, 0.4) is 0 Å². The zero-order valence-corrected chi connectivity index (χ0v) is 12.7. The van der Waals surface area contributed by atoms with Crippen LogP contribution in [0.25, 0.3) is 11.4 Å². The Morgan fingerprint density at radius 3 is 2.38 bits per heavy atom. The van der Waals surface area contributed by atoms with Crippen LogP contribution in [0, 0.1) is 0 Å². The number of benzene rings is 1. The fourth-order valence-corrected chi connectivity index (χ4v) is 2.69. The summed E-state index contributed by atoms with van der Waals surface area (Å²) in [7, 11) is 0. The van der Waals surface area contributed by atoms with Crippen LogP contribution in [-0.2, 0) is 0 Å². The van der Waals surface area contributed by atoms with Crippen molar-refractivity contribution in [2.75, 3.05) is 0 Å². The molecule has 1 aliphatic rings. The monoisotopic (exact) mass is 320 g/mol. The normalized spacial score (nSPS) is 14.8. The fraction of sp³-hybridized carbons (Fsp3) is 0.118. The van der Waals surface area contributed by atoms with E-state index in [0.717, 1.165) is 4.90 Å². The highest BCUT2D eigenvalue weighted by atomic mass is 16.5. The van der Waals surface area contributed by atoms with Gasteiger partial charge in [0.05, 0.1) is 11.1 Å². The molecule has 0 radical (unpaired) electrons. The summed E-state index contributed by atoms with van der Waals surface area (Å²) < 4.78 is 5.25. The summed E-state index contributed by atoms with van der Waals surface area (Å²) in [4.78, 5) is 34.4. The zero-order chi connectivity index (χ0) is 16.7. The van der Waals surface area contributed by atoms with Gasteiger partial charge in [-0.25, -0.2) is 0 Å². The largest absolute Gasteiger partial charge is 0.337 e. The van der Waals surface area contributed by atoms with Gasteiger partial charge in [-0.2, -0.15) is 4.98 Å². The fourth-order valence-electron chi connectivity index (χ4n) is 2.69. The Balaban J connectivity index is 1.66. The molecule has 0 spiro atoms. The number of hydrogen-bond donors (Lipinski definition) is 0. The second kappa shape index (κ2) is 5.38. The molecular weight excluding hydrogens is 308 g/mol. The van der Waals surface area contributed by atoms with Gasteiger partial charge in [0, 0.05) is 18.0 Å². The molecule has 0 saturated heterocycles. The van der Waals surface area contributed by atoms with E-state index in [1.54, 1.807) is 55.7 Å². The van der Waals surface area contributed by atoms with Crippen LogP contribution in [0.2, 0.25) is 0 Å². The van der Waals surface area contributed by atoms with Crippen molar-refractivity contribution < 1.29 is 14.1 Å². The molecule has 1 atom stereocenters. The van der Waals surface area contributed by atoms with E-state index < -0.39 is 6.04 Å². The van der Waals surface area contributed by atoms with Gasteiger partial charge in [0.15, 0.2) is 0 Å². The van der Waals surface area contributed by atoms with Gasteiger partial charge in [-0.3, -0.25) is 19.5 Å². The van der Waals surface area contributed by atoms with Crippen LogP contribution >= 0.6 is 0 Å². The third-order valence-electron chi connectivity index (χ3n) is 3.93. The van der Waals surface area contributed by atoms with Crippen LogP contribution in [-0.4, -0.2) is 31.8 Å². The molecule has 0 N–H and O–H groups in total. The van der Waals surface area contributed by atoms with E-state index in [-0.39, 0.29) is 17.7 Å². The van der Waals surface area contributed by atoms with Crippen molar-refractivity contribution in [1.29, 1.82) is 0 Å². The Hall–Kier alpha value is -3.35. The lowest BCUT2D eigenvalue weighted by Crippen LogP contribution is -2.32. The number of fused-ring (bicyclic) bond motifs is 1. The molecule has 0 saturated carbocycles.